The van der Waals surface area contributed by atoms with Crippen LogP contribution in [0.2, 0.25) is 0 Å². The van der Waals surface area contributed by atoms with Crippen molar-refractivity contribution in [3.05, 3.63) is 30.7 Å². The van der Waals surface area contributed by atoms with Crippen LogP contribution in [-0.4, -0.2) is 0 Å². The molecule has 23 valence electrons. The molecule has 5 heavy (non-hydrogen) atoms. The van der Waals surface area contributed by atoms with Gasteiger partial charge in [-0.1, -0.05) is 0 Å². The van der Waals surface area contributed by atoms with E-state index in [1.165, 1.54) is 0 Å². The highest BCUT2D eigenvalue weighted by Gasteiger charge is 1.88. The first-order chi connectivity index (χ1) is 2.50. The molecule has 0 aromatic heterocycles. The van der Waals surface area contributed by atoms with E-state index in [4.69, 9.17) is 0 Å². The van der Waals surface area contributed by atoms with Gasteiger partial charge in [-0.3, -0.25) is 0 Å². The Labute approximate surface area is 31.8 Å². The second kappa shape index (κ2) is 1.00. The van der Waals surface area contributed by atoms with E-state index in [-0.39, 0.29) is 0 Å². The van der Waals surface area contributed by atoms with Crippen molar-refractivity contribution in [2.45, 2.75) is 0 Å². The van der Waals surface area contributed by atoms with Crippen molar-refractivity contribution < 1.29 is 0 Å². The molecular formula is C5H4+. The predicted molar refractivity (Wildman–Crippen MR) is 21.3 cm³/mol. The Hall–Kier alpha value is -0.610. The minimum Gasteiger partial charge on any atom is 0.0627 e. The van der Waals surface area contributed by atoms with Gasteiger partial charge < -0.3 is 0 Å². The molecule has 0 saturated carbocycles. The summed E-state index contributed by atoms with van der Waals surface area (Å²) in [5, 5.41) is 0. The third kappa shape index (κ3) is 0.340. The quantitative estimate of drug-likeness (QED) is 0.370. The third-order valence-corrected chi connectivity index (χ3v) is 0.496. The summed E-state index contributed by atoms with van der Waals surface area (Å²) in [7, 11) is 0. The summed E-state index contributed by atoms with van der Waals surface area (Å²) in [6.07, 6.45) is 10.5. The second-order valence-electron chi connectivity index (χ2n) is 0.885. The SMILES string of the molecule is [C+]1=C[CH]C=C1. The molecule has 0 N–H and O–H groups in total. The summed E-state index contributed by atoms with van der Waals surface area (Å²) in [4.78, 5) is 0. The van der Waals surface area contributed by atoms with Crippen LogP contribution in [0.4, 0.5) is 0 Å². The van der Waals surface area contributed by atoms with Gasteiger partial charge >= 0.3 is 0 Å². The molecule has 0 unspecified atom stereocenters. The zero-order chi connectivity index (χ0) is 3.54. The van der Waals surface area contributed by atoms with E-state index in [1.54, 1.807) is 0 Å². The van der Waals surface area contributed by atoms with Gasteiger partial charge in [-0.2, -0.15) is 0 Å². The molecule has 0 aliphatic heterocycles. The molecule has 0 atom stereocenters. The van der Waals surface area contributed by atoms with Crippen molar-refractivity contribution >= 4 is 0 Å². The maximum absolute atomic E-state index is 2.86. The van der Waals surface area contributed by atoms with E-state index in [1.807, 2.05) is 24.6 Å². The van der Waals surface area contributed by atoms with Gasteiger partial charge in [0.25, 0.3) is 0 Å². The Morgan fingerprint density at radius 1 is 1.40 bits per heavy atom. The minimum atomic E-state index is 1.88. The van der Waals surface area contributed by atoms with Gasteiger partial charge in [-0.25, -0.2) is 0 Å². The third-order valence-electron chi connectivity index (χ3n) is 0.496. The lowest BCUT2D eigenvalue weighted by molar-refractivity contribution is 1.86. The first-order valence-corrected chi connectivity index (χ1v) is 1.58. The van der Waals surface area contributed by atoms with Crippen LogP contribution in [0.25, 0.3) is 0 Å². The highest BCUT2D eigenvalue weighted by Crippen LogP contribution is 1.90. The monoisotopic (exact) mass is 64.0 g/mol. The lowest BCUT2D eigenvalue weighted by atomic mass is 10.5. The summed E-state index contributed by atoms with van der Waals surface area (Å²) in [5.74, 6) is 0. The van der Waals surface area contributed by atoms with Crippen LogP contribution in [0.5, 0.6) is 0 Å². The van der Waals surface area contributed by atoms with Gasteiger partial charge in [0, 0.05) is 0 Å². The highest BCUT2D eigenvalue weighted by atomic mass is 13.8. The largest absolute Gasteiger partial charge is 0.156 e. The van der Waals surface area contributed by atoms with Crippen molar-refractivity contribution in [3.63, 3.8) is 0 Å². The van der Waals surface area contributed by atoms with Crippen molar-refractivity contribution in [1.29, 1.82) is 0 Å². The molecule has 0 fully saturated rings. The van der Waals surface area contributed by atoms with E-state index in [9.17, 15) is 0 Å². The van der Waals surface area contributed by atoms with Gasteiger partial charge in [0.2, 0.25) is 0 Å². The summed E-state index contributed by atoms with van der Waals surface area (Å²) >= 11 is 0. The van der Waals surface area contributed by atoms with Crippen molar-refractivity contribution in [3.8, 4) is 0 Å². The average Bonchev–Trinajstić information content (AvgIpc) is 1.76. The first kappa shape index (κ1) is 2.62. The summed E-state index contributed by atoms with van der Waals surface area (Å²) in [5.41, 5.74) is 0. The van der Waals surface area contributed by atoms with Gasteiger partial charge in [0.15, 0.2) is 6.08 Å². The van der Waals surface area contributed by atoms with Crippen LogP contribution in [0.3, 0.4) is 0 Å². The van der Waals surface area contributed by atoms with Gasteiger partial charge in [0.1, 0.15) is 6.42 Å². The van der Waals surface area contributed by atoms with Crippen LogP contribution in [0.15, 0.2) is 18.2 Å². The molecular weight excluding hydrogens is 60.1 g/mol. The van der Waals surface area contributed by atoms with E-state index < -0.39 is 0 Å². The smallest absolute Gasteiger partial charge is 0.0627 e. The molecule has 0 aromatic carbocycles. The topological polar surface area (TPSA) is 0 Å². The van der Waals surface area contributed by atoms with Crippen LogP contribution in [-0.2, 0) is 0 Å². The van der Waals surface area contributed by atoms with Gasteiger partial charge in [0.05, 0.1) is 18.2 Å². The van der Waals surface area contributed by atoms with Gasteiger partial charge in [-0.15, -0.1) is 0 Å². The molecule has 0 aromatic rings. The number of hydrogen-bond donors (Lipinski definition) is 0. The van der Waals surface area contributed by atoms with Crippen molar-refractivity contribution in [2.24, 2.45) is 0 Å². The maximum atomic E-state index is 2.86. The Morgan fingerprint density at radius 3 is 2.60 bits per heavy atom. The molecule has 1 aliphatic carbocycles. The molecule has 0 spiro atoms. The fraction of sp³-hybridized carbons (Fsp3) is 0. The van der Waals surface area contributed by atoms with Crippen LogP contribution < -0.4 is 0 Å². The van der Waals surface area contributed by atoms with Crippen molar-refractivity contribution in [2.75, 3.05) is 0 Å². The molecule has 1 aliphatic rings. The first-order valence-electron chi connectivity index (χ1n) is 1.58. The number of allylic oxidation sites excluding steroid dienone is 4. The number of hydrogen-bond acceptors (Lipinski definition) is 0. The molecule has 0 heterocycles. The molecule has 0 saturated heterocycles. The van der Waals surface area contributed by atoms with E-state index in [0.717, 1.165) is 0 Å². The standard InChI is InChI=1S/C5H4/c1-2-4-5-3-1/h1-4H/q+1. The minimum absolute atomic E-state index is 1.88. The lowest BCUT2D eigenvalue weighted by Crippen LogP contribution is -1.40. The van der Waals surface area contributed by atoms with Crippen LogP contribution >= 0.6 is 0 Å². The van der Waals surface area contributed by atoms with Gasteiger partial charge in [-0.05, 0) is 0 Å². The molecule has 1 rings (SSSR count). The normalized spacial score (nSPS) is 16.0. The molecule has 0 bridgehead atoms. The molecule has 0 nitrogen and oxygen atoms in total. The Bertz CT molecular complexity index is 58.1. The fourth-order valence-electron chi connectivity index (χ4n) is 0.278. The lowest BCUT2D eigenvalue weighted by Gasteiger charge is -1.42. The fourth-order valence-corrected chi connectivity index (χ4v) is 0.278. The zero-order valence-corrected chi connectivity index (χ0v) is 2.81. The van der Waals surface area contributed by atoms with E-state index in [2.05, 4.69) is 6.08 Å². The summed E-state index contributed by atoms with van der Waals surface area (Å²) in [6.45, 7) is 0. The van der Waals surface area contributed by atoms with Crippen LogP contribution in [0, 0.1) is 12.5 Å². The zero-order valence-electron chi connectivity index (χ0n) is 2.81. The highest BCUT2D eigenvalue weighted by molar-refractivity contribution is 5.18. The Balaban J connectivity index is 2.61. The Morgan fingerprint density at radius 2 is 2.40 bits per heavy atom. The molecule has 0 heteroatoms. The second-order valence-corrected chi connectivity index (χ2v) is 0.885. The summed E-state index contributed by atoms with van der Waals surface area (Å²) < 4.78 is 0. The van der Waals surface area contributed by atoms with Crippen molar-refractivity contribution in [1.82, 2.24) is 0 Å². The Kier molecular flexibility index (Phi) is 0.526. The summed E-state index contributed by atoms with van der Waals surface area (Å²) in [6, 6.07) is 0. The maximum Gasteiger partial charge on any atom is 0.156 e. The van der Waals surface area contributed by atoms with E-state index in [0.29, 0.717) is 0 Å². The average molecular weight is 64.1 g/mol. The molecule has 0 amide bonds. The van der Waals surface area contributed by atoms with Crippen LogP contribution in [0.1, 0.15) is 0 Å². The predicted octanol–water partition coefficient (Wildman–Crippen LogP) is 1.12. The molecule has 1 radical (unpaired) electrons. The van der Waals surface area contributed by atoms with E-state index >= 15 is 0 Å². The number of rotatable bonds is 0.